The Balaban J connectivity index is 2.51. The van der Waals surface area contributed by atoms with Gasteiger partial charge in [-0.3, -0.25) is 0 Å². The van der Waals surface area contributed by atoms with Crippen molar-refractivity contribution in [1.29, 1.82) is 0 Å². The fraction of sp³-hybridized carbons (Fsp3) is 0.600. The second-order valence-corrected chi connectivity index (χ2v) is 6.40. The molecule has 94 valence electrons. The first-order valence-corrected chi connectivity index (χ1v) is 6.37. The Morgan fingerprint density at radius 1 is 1.29 bits per heavy atom. The lowest BCUT2D eigenvalue weighted by Gasteiger charge is -2.26. The fourth-order valence-corrected chi connectivity index (χ4v) is 2.66. The summed E-state index contributed by atoms with van der Waals surface area (Å²) in [6.45, 7) is 8.40. The molecule has 0 heterocycles. The zero-order chi connectivity index (χ0) is 12.8. The van der Waals surface area contributed by atoms with Crippen molar-refractivity contribution < 1.29 is 5.11 Å². The molecule has 1 atom stereocenters. The first-order valence-electron chi connectivity index (χ1n) is 6.37. The van der Waals surface area contributed by atoms with Gasteiger partial charge in [0.15, 0.2) is 0 Å². The molecule has 0 bridgehead atoms. The first kappa shape index (κ1) is 12.4. The number of hydrogen-bond donors (Lipinski definition) is 2. The molecular weight excluding hydrogens is 210 g/mol. The summed E-state index contributed by atoms with van der Waals surface area (Å²) in [5.74, 6) is 0.454. The highest BCUT2D eigenvalue weighted by molar-refractivity contribution is 5.50. The highest BCUT2D eigenvalue weighted by Gasteiger charge is 2.49. The van der Waals surface area contributed by atoms with E-state index in [-0.39, 0.29) is 16.9 Å². The third kappa shape index (κ3) is 1.95. The minimum absolute atomic E-state index is 0.0192. The standard InChI is InChI=1S/C15H23NO/c1-10(16)15(8-9-15)12-7-5-6-11(13(12)17)14(2,3)4/h5-7,10,17H,8-9,16H2,1-4H3. The number of phenols is 1. The van der Waals surface area contributed by atoms with Crippen molar-refractivity contribution in [1.82, 2.24) is 0 Å². The first-order chi connectivity index (χ1) is 7.79. The van der Waals surface area contributed by atoms with Gasteiger partial charge in [-0.05, 0) is 30.7 Å². The molecule has 1 unspecified atom stereocenters. The predicted octanol–water partition coefficient (Wildman–Crippen LogP) is 3.07. The van der Waals surface area contributed by atoms with Gasteiger partial charge >= 0.3 is 0 Å². The monoisotopic (exact) mass is 233 g/mol. The summed E-state index contributed by atoms with van der Waals surface area (Å²) in [6, 6.07) is 6.18. The molecule has 2 rings (SSSR count). The topological polar surface area (TPSA) is 46.2 Å². The van der Waals surface area contributed by atoms with E-state index in [2.05, 4.69) is 20.8 Å². The SMILES string of the molecule is CC(N)C1(c2cccc(C(C)(C)C)c2O)CC1. The highest BCUT2D eigenvalue weighted by Crippen LogP contribution is 2.54. The molecule has 17 heavy (non-hydrogen) atoms. The van der Waals surface area contributed by atoms with Gasteiger partial charge in [0.1, 0.15) is 5.75 Å². The van der Waals surface area contributed by atoms with Gasteiger partial charge in [0.2, 0.25) is 0 Å². The zero-order valence-corrected chi connectivity index (χ0v) is 11.2. The van der Waals surface area contributed by atoms with Crippen LogP contribution in [0.2, 0.25) is 0 Å². The van der Waals surface area contributed by atoms with E-state index in [0.717, 1.165) is 24.0 Å². The molecule has 3 N–H and O–H groups in total. The number of rotatable bonds is 2. The predicted molar refractivity (Wildman–Crippen MR) is 71.4 cm³/mol. The van der Waals surface area contributed by atoms with Crippen LogP contribution in [0.4, 0.5) is 0 Å². The molecule has 2 nitrogen and oxygen atoms in total. The molecule has 1 aliphatic carbocycles. The van der Waals surface area contributed by atoms with Crippen LogP contribution in [0.3, 0.4) is 0 Å². The molecule has 1 aliphatic rings. The van der Waals surface area contributed by atoms with Crippen LogP contribution in [0.5, 0.6) is 5.75 Å². The average Bonchev–Trinajstić information content (AvgIpc) is 2.97. The van der Waals surface area contributed by atoms with E-state index in [4.69, 9.17) is 5.73 Å². The lowest BCUT2D eigenvalue weighted by molar-refractivity contribution is 0.424. The van der Waals surface area contributed by atoms with Crippen molar-refractivity contribution in [2.45, 2.75) is 57.4 Å². The summed E-state index contributed by atoms with van der Waals surface area (Å²) in [5, 5.41) is 10.5. The van der Waals surface area contributed by atoms with Crippen molar-refractivity contribution in [2.75, 3.05) is 0 Å². The molecule has 1 fully saturated rings. The van der Waals surface area contributed by atoms with Crippen molar-refractivity contribution in [3.8, 4) is 5.75 Å². The molecule has 1 saturated carbocycles. The van der Waals surface area contributed by atoms with E-state index in [1.54, 1.807) is 0 Å². The smallest absolute Gasteiger partial charge is 0.123 e. The molecule has 0 saturated heterocycles. The van der Waals surface area contributed by atoms with Crippen molar-refractivity contribution in [3.63, 3.8) is 0 Å². The second kappa shape index (κ2) is 3.74. The average molecular weight is 233 g/mol. The van der Waals surface area contributed by atoms with E-state index in [1.165, 1.54) is 0 Å². The summed E-state index contributed by atoms with van der Waals surface area (Å²) in [5.41, 5.74) is 8.12. The summed E-state index contributed by atoms with van der Waals surface area (Å²) >= 11 is 0. The minimum atomic E-state index is -0.0337. The van der Waals surface area contributed by atoms with Crippen LogP contribution in [-0.2, 0) is 10.8 Å². The van der Waals surface area contributed by atoms with Crippen LogP contribution >= 0.6 is 0 Å². The highest BCUT2D eigenvalue weighted by atomic mass is 16.3. The molecule has 2 heteroatoms. The van der Waals surface area contributed by atoms with Crippen molar-refractivity contribution in [3.05, 3.63) is 29.3 Å². The van der Waals surface area contributed by atoms with Crippen LogP contribution in [0.15, 0.2) is 18.2 Å². The van der Waals surface area contributed by atoms with E-state index >= 15 is 0 Å². The number of nitrogens with two attached hydrogens (primary N) is 1. The van der Waals surface area contributed by atoms with Crippen LogP contribution in [-0.4, -0.2) is 11.1 Å². The van der Waals surface area contributed by atoms with E-state index in [1.807, 2.05) is 25.1 Å². The Morgan fingerprint density at radius 3 is 2.29 bits per heavy atom. The van der Waals surface area contributed by atoms with Crippen LogP contribution in [0, 0.1) is 0 Å². The van der Waals surface area contributed by atoms with Gasteiger partial charge in [0.25, 0.3) is 0 Å². The lowest BCUT2D eigenvalue weighted by atomic mass is 9.81. The molecule has 1 aromatic rings. The van der Waals surface area contributed by atoms with Gasteiger partial charge < -0.3 is 10.8 Å². The Hall–Kier alpha value is -1.02. The largest absolute Gasteiger partial charge is 0.507 e. The maximum Gasteiger partial charge on any atom is 0.123 e. The summed E-state index contributed by atoms with van der Waals surface area (Å²) in [4.78, 5) is 0. The van der Waals surface area contributed by atoms with Gasteiger partial charge in [0, 0.05) is 17.0 Å². The quantitative estimate of drug-likeness (QED) is 0.824. The number of benzene rings is 1. The Bertz CT molecular complexity index is 425. The second-order valence-electron chi connectivity index (χ2n) is 6.40. The molecule has 0 spiro atoms. The zero-order valence-electron chi connectivity index (χ0n) is 11.2. The van der Waals surface area contributed by atoms with Gasteiger partial charge in [-0.2, -0.15) is 0 Å². The summed E-state index contributed by atoms with van der Waals surface area (Å²) < 4.78 is 0. The Labute approximate surface area is 104 Å². The maximum absolute atomic E-state index is 10.5. The van der Waals surface area contributed by atoms with Gasteiger partial charge in [-0.15, -0.1) is 0 Å². The molecular formula is C15H23NO. The van der Waals surface area contributed by atoms with Gasteiger partial charge in [-0.25, -0.2) is 0 Å². The van der Waals surface area contributed by atoms with Crippen LogP contribution in [0.25, 0.3) is 0 Å². The van der Waals surface area contributed by atoms with Gasteiger partial charge in [0.05, 0.1) is 0 Å². The molecule has 0 radical (unpaired) electrons. The fourth-order valence-electron chi connectivity index (χ4n) is 2.66. The number of hydrogen-bond acceptors (Lipinski definition) is 2. The van der Waals surface area contributed by atoms with E-state index in [0.29, 0.717) is 5.75 Å². The number of aromatic hydroxyl groups is 1. The van der Waals surface area contributed by atoms with Crippen molar-refractivity contribution in [2.24, 2.45) is 5.73 Å². The minimum Gasteiger partial charge on any atom is -0.507 e. The lowest BCUT2D eigenvalue weighted by Crippen LogP contribution is -2.32. The Kier molecular flexibility index (Phi) is 2.74. The summed E-state index contributed by atoms with van der Waals surface area (Å²) in [7, 11) is 0. The third-order valence-corrected chi connectivity index (χ3v) is 4.04. The number of phenolic OH excluding ortho intramolecular Hbond substituents is 1. The van der Waals surface area contributed by atoms with E-state index < -0.39 is 0 Å². The molecule has 0 aromatic heterocycles. The molecule has 1 aromatic carbocycles. The third-order valence-electron chi connectivity index (χ3n) is 4.04. The van der Waals surface area contributed by atoms with Crippen LogP contribution in [0.1, 0.15) is 51.7 Å². The van der Waals surface area contributed by atoms with Crippen molar-refractivity contribution >= 4 is 0 Å². The van der Waals surface area contributed by atoms with Gasteiger partial charge in [-0.1, -0.05) is 39.0 Å². The Morgan fingerprint density at radius 2 is 1.88 bits per heavy atom. The van der Waals surface area contributed by atoms with E-state index in [9.17, 15) is 5.11 Å². The molecule has 0 aliphatic heterocycles. The summed E-state index contributed by atoms with van der Waals surface area (Å²) in [6.07, 6.45) is 2.18. The molecule has 0 amide bonds. The maximum atomic E-state index is 10.5. The normalized spacial score (nSPS) is 20.1. The van der Waals surface area contributed by atoms with Crippen LogP contribution < -0.4 is 5.73 Å². The number of para-hydroxylation sites is 1.